The number of benzene rings is 3. The summed E-state index contributed by atoms with van der Waals surface area (Å²) in [5.74, 6) is 0. The first kappa shape index (κ1) is 15.9. The van der Waals surface area contributed by atoms with Crippen molar-refractivity contribution in [1.29, 1.82) is 0 Å². The molecule has 0 amide bonds. The van der Waals surface area contributed by atoms with Crippen molar-refractivity contribution in [2.45, 2.75) is 26.2 Å². The molecule has 0 spiro atoms. The van der Waals surface area contributed by atoms with Crippen LogP contribution in [0.2, 0.25) is 0 Å². The smallest absolute Gasteiger partial charge is 0.0705 e. The molecule has 0 nitrogen and oxygen atoms in total. The Balaban J connectivity index is 2.28. The van der Waals surface area contributed by atoms with Gasteiger partial charge in [-0.1, -0.05) is 69.3 Å². The third-order valence-corrected chi connectivity index (χ3v) is 6.14. The quantitative estimate of drug-likeness (QED) is 0.289. The lowest BCUT2D eigenvalue weighted by atomic mass is 9.78. The van der Waals surface area contributed by atoms with Crippen LogP contribution in [0.25, 0.3) is 32.0 Å². The molecule has 0 unspecified atom stereocenters. The Labute approximate surface area is 155 Å². The maximum Gasteiger partial charge on any atom is 0.0705 e. The summed E-state index contributed by atoms with van der Waals surface area (Å²) in [5.41, 5.74) is 2.88. The molecule has 1 aromatic heterocycles. The lowest BCUT2D eigenvalue weighted by molar-refractivity contribution is 0.601. The van der Waals surface area contributed by atoms with Gasteiger partial charge in [-0.2, -0.15) is 0 Å². The van der Waals surface area contributed by atoms with Crippen LogP contribution in [0.1, 0.15) is 26.3 Å². The first-order valence-corrected chi connectivity index (χ1v) is 9.77. The Bertz CT molecular complexity index is 994. The van der Waals surface area contributed by atoms with Crippen LogP contribution in [0.4, 0.5) is 0 Å². The molecule has 0 N–H and O–H groups in total. The van der Waals surface area contributed by atoms with E-state index in [-0.39, 0.29) is 5.41 Å². The van der Waals surface area contributed by atoms with E-state index in [0.717, 1.165) is 0 Å². The fraction of sp³-hybridized carbons (Fsp3) is 0.182. The van der Waals surface area contributed by atoms with Gasteiger partial charge in [-0.25, -0.2) is 0 Å². The van der Waals surface area contributed by atoms with Crippen LogP contribution in [0.5, 0.6) is 0 Å². The van der Waals surface area contributed by atoms with Crippen LogP contribution >= 0.6 is 27.3 Å². The van der Waals surface area contributed by atoms with Gasteiger partial charge in [-0.05, 0) is 60.6 Å². The first-order valence-electron chi connectivity index (χ1n) is 8.16. The van der Waals surface area contributed by atoms with Crippen LogP contribution in [0, 0.1) is 0 Å². The number of fused-ring (bicyclic) bond motifs is 2. The fourth-order valence-electron chi connectivity index (χ4n) is 3.65. The van der Waals surface area contributed by atoms with Crippen LogP contribution in [-0.4, -0.2) is 0 Å². The average Bonchev–Trinajstić information content (AvgIpc) is 2.97. The zero-order chi connectivity index (χ0) is 16.9. The molecule has 4 aromatic rings. The van der Waals surface area contributed by atoms with Crippen LogP contribution < -0.4 is 0 Å². The highest BCUT2D eigenvalue weighted by Gasteiger charge is 2.23. The molecule has 3 aromatic carbocycles. The van der Waals surface area contributed by atoms with E-state index in [1.165, 1.54) is 41.3 Å². The predicted molar refractivity (Wildman–Crippen MR) is 111 cm³/mol. The van der Waals surface area contributed by atoms with Crippen molar-refractivity contribution in [3.8, 4) is 10.4 Å². The summed E-state index contributed by atoms with van der Waals surface area (Å²) < 4.78 is 1.17. The Morgan fingerprint density at radius 2 is 1.21 bits per heavy atom. The van der Waals surface area contributed by atoms with Crippen molar-refractivity contribution in [2.75, 3.05) is 0 Å². The maximum absolute atomic E-state index is 3.62. The molecule has 0 radical (unpaired) electrons. The molecule has 1 heterocycles. The predicted octanol–water partition coefficient (Wildman–Crippen LogP) is 7.78. The molecule has 0 aliphatic heterocycles. The molecule has 2 heteroatoms. The number of rotatable bonds is 1. The van der Waals surface area contributed by atoms with Gasteiger partial charge in [-0.3, -0.25) is 0 Å². The van der Waals surface area contributed by atoms with E-state index in [2.05, 4.69) is 97.4 Å². The van der Waals surface area contributed by atoms with Gasteiger partial charge in [0.1, 0.15) is 0 Å². The van der Waals surface area contributed by atoms with E-state index in [1.807, 2.05) is 0 Å². The van der Waals surface area contributed by atoms with E-state index >= 15 is 0 Å². The Morgan fingerprint density at radius 3 is 1.62 bits per heavy atom. The van der Waals surface area contributed by atoms with Crippen molar-refractivity contribution in [1.82, 2.24) is 0 Å². The molecule has 0 fully saturated rings. The lowest BCUT2D eigenvalue weighted by Crippen LogP contribution is -2.13. The minimum absolute atomic E-state index is 0.0910. The highest BCUT2D eigenvalue weighted by molar-refractivity contribution is 9.11. The van der Waals surface area contributed by atoms with Crippen molar-refractivity contribution in [2.24, 2.45) is 0 Å². The van der Waals surface area contributed by atoms with Gasteiger partial charge < -0.3 is 0 Å². The third kappa shape index (κ3) is 2.49. The lowest BCUT2D eigenvalue weighted by Gasteiger charge is -2.25. The molecule has 0 saturated carbocycles. The zero-order valence-corrected chi connectivity index (χ0v) is 16.5. The monoisotopic (exact) mass is 394 g/mol. The van der Waals surface area contributed by atoms with E-state index in [9.17, 15) is 0 Å². The number of hydrogen-bond acceptors (Lipinski definition) is 1. The molecule has 0 aliphatic rings. The number of halogens is 1. The summed E-state index contributed by atoms with van der Waals surface area (Å²) in [5, 5.41) is 5.41. The van der Waals surface area contributed by atoms with Crippen molar-refractivity contribution < 1.29 is 0 Å². The standard InChI is InChI=1S/C22H19BrS/c1-22(2,3)21-16-10-6-4-8-14(16)20(18-12-13-19(23)24-18)15-9-5-7-11-17(15)21/h4-13H,1-3H3. The molecule has 0 aliphatic carbocycles. The van der Waals surface area contributed by atoms with Gasteiger partial charge in [-0.15, -0.1) is 11.3 Å². The van der Waals surface area contributed by atoms with E-state index in [1.54, 1.807) is 11.3 Å². The molecule has 0 bridgehead atoms. The van der Waals surface area contributed by atoms with Crippen molar-refractivity contribution >= 4 is 48.8 Å². The molecule has 4 rings (SSSR count). The number of hydrogen-bond donors (Lipinski definition) is 0. The largest absolute Gasteiger partial charge is 0.128 e. The van der Waals surface area contributed by atoms with Gasteiger partial charge in [0.05, 0.1) is 3.79 Å². The zero-order valence-electron chi connectivity index (χ0n) is 14.1. The fourth-order valence-corrected chi connectivity index (χ4v) is 5.11. The average molecular weight is 395 g/mol. The molecule has 0 atom stereocenters. The van der Waals surface area contributed by atoms with E-state index < -0.39 is 0 Å². The summed E-state index contributed by atoms with van der Waals surface area (Å²) in [6.07, 6.45) is 0. The SMILES string of the molecule is CC(C)(C)c1c2ccccc2c(-c2ccc(Br)s2)c2ccccc12. The van der Waals surface area contributed by atoms with E-state index in [4.69, 9.17) is 0 Å². The molecule has 0 saturated heterocycles. The summed E-state index contributed by atoms with van der Waals surface area (Å²) in [6, 6.07) is 22.0. The van der Waals surface area contributed by atoms with Crippen LogP contribution in [-0.2, 0) is 5.41 Å². The molecule has 24 heavy (non-hydrogen) atoms. The topological polar surface area (TPSA) is 0 Å². The number of thiophene rings is 1. The highest BCUT2D eigenvalue weighted by Crippen LogP contribution is 2.45. The second kappa shape index (κ2) is 5.72. The Hall–Kier alpha value is -1.64. The van der Waals surface area contributed by atoms with E-state index in [0.29, 0.717) is 0 Å². The second-order valence-electron chi connectivity index (χ2n) is 7.19. The maximum atomic E-state index is 3.62. The van der Waals surface area contributed by atoms with Crippen LogP contribution in [0.15, 0.2) is 64.5 Å². The third-order valence-electron chi connectivity index (χ3n) is 4.50. The van der Waals surface area contributed by atoms with Crippen LogP contribution in [0.3, 0.4) is 0 Å². The highest BCUT2D eigenvalue weighted by atomic mass is 79.9. The summed E-state index contributed by atoms with van der Waals surface area (Å²) in [4.78, 5) is 1.31. The summed E-state index contributed by atoms with van der Waals surface area (Å²) in [7, 11) is 0. The van der Waals surface area contributed by atoms with Gasteiger partial charge in [0.25, 0.3) is 0 Å². The minimum atomic E-state index is 0.0910. The summed E-state index contributed by atoms with van der Waals surface area (Å²) >= 11 is 5.42. The van der Waals surface area contributed by atoms with Gasteiger partial charge >= 0.3 is 0 Å². The Kier molecular flexibility index (Phi) is 3.78. The molecular weight excluding hydrogens is 376 g/mol. The minimum Gasteiger partial charge on any atom is -0.128 e. The normalized spacial score (nSPS) is 12.2. The molecule has 120 valence electrons. The summed E-state index contributed by atoms with van der Waals surface area (Å²) in [6.45, 7) is 6.92. The van der Waals surface area contributed by atoms with Crippen molar-refractivity contribution in [3.63, 3.8) is 0 Å². The second-order valence-corrected chi connectivity index (χ2v) is 9.66. The molecular formula is C22H19BrS. The van der Waals surface area contributed by atoms with Gasteiger partial charge in [0, 0.05) is 10.4 Å². The Morgan fingerprint density at radius 1 is 0.708 bits per heavy atom. The van der Waals surface area contributed by atoms with Crippen molar-refractivity contribution in [3.05, 3.63) is 70.0 Å². The van der Waals surface area contributed by atoms with Gasteiger partial charge in [0.2, 0.25) is 0 Å². The van der Waals surface area contributed by atoms with Gasteiger partial charge in [0.15, 0.2) is 0 Å². The first-order chi connectivity index (χ1) is 11.5.